The number of aromatic nitrogens is 2. The summed E-state index contributed by atoms with van der Waals surface area (Å²) in [7, 11) is 1.56. The number of likely N-dealkylation sites (tertiary alicyclic amines) is 1. The molecule has 9 heteroatoms. The van der Waals surface area contributed by atoms with Crippen LogP contribution in [0, 0.1) is 5.41 Å². The van der Waals surface area contributed by atoms with E-state index in [-0.39, 0.29) is 17.9 Å². The van der Waals surface area contributed by atoms with Crippen molar-refractivity contribution < 1.29 is 19.0 Å². The lowest BCUT2D eigenvalue weighted by atomic mass is 9.71. The highest BCUT2D eigenvalue weighted by Crippen LogP contribution is 2.44. The van der Waals surface area contributed by atoms with E-state index in [1.807, 2.05) is 12.1 Å². The molecule has 3 heterocycles. The van der Waals surface area contributed by atoms with Crippen LogP contribution in [-0.2, 0) is 4.79 Å². The Morgan fingerprint density at radius 1 is 1.28 bits per heavy atom. The normalized spacial score (nSPS) is 16.6. The average Bonchev–Trinajstić information content (AvgIpc) is 2.88. The molecule has 1 N–H and O–H groups in total. The number of ether oxygens (including phenoxy) is 1. The average molecular weight is 532 g/mol. The van der Waals surface area contributed by atoms with Gasteiger partial charge < -0.3 is 14.7 Å². The molecule has 1 atom stereocenters. The second-order valence-electron chi connectivity index (χ2n) is 9.35. The van der Waals surface area contributed by atoms with E-state index in [9.17, 15) is 9.90 Å². The lowest BCUT2D eigenvalue weighted by Gasteiger charge is -2.41. The monoisotopic (exact) mass is 531 g/mol. The first-order chi connectivity index (χ1) is 17.4. The first kappa shape index (κ1) is 26.6. The lowest BCUT2D eigenvalue weighted by molar-refractivity contribution is -0.141. The summed E-state index contributed by atoms with van der Waals surface area (Å²) in [5.41, 5.74) is 0.630. The molecule has 4 rings (SSSR count). The Morgan fingerprint density at radius 3 is 2.72 bits per heavy atom. The smallest absolute Gasteiger partial charge is 0.303 e. The summed E-state index contributed by atoms with van der Waals surface area (Å²) in [6, 6.07) is 9.33. The Kier molecular flexibility index (Phi) is 9.04. The Morgan fingerprint density at radius 2 is 2.03 bits per heavy atom. The molecule has 1 unspecified atom stereocenters. The number of rotatable bonds is 11. The van der Waals surface area contributed by atoms with Crippen LogP contribution in [0.1, 0.15) is 43.8 Å². The molecule has 0 saturated carbocycles. The SMILES string of the molecule is COc1ccc2ncc(Cl)c(C(F)CCC3(CC(=O)O)CCN(CCSc4ccncc4)CC3)c2c1. The maximum atomic E-state index is 15.7. The van der Waals surface area contributed by atoms with Crippen LogP contribution in [0.3, 0.4) is 0 Å². The van der Waals surface area contributed by atoms with E-state index < -0.39 is 17.6 Å². The second kappa shape index (κ2) is 12.2. The predicted octanol–water partition coefficient (Wildman–Crippen LogP) is 6.43. The van der Waals surface area contributed by atoms with Gasteiger partial charge in [0.25, 0.3) is 0 Å². The molecule has 0 spiro atoms. The topological polar surface area (TPSA) is 75.6 Å². The first-order valence-corrected chi connectivity index (χ1v) is 13.5. The Hall–Kier alpha value is -2.42. The summed E-state index contributed by atoms with van der Waals surface area (Å²) in [6.45, 7) is 2.57. The van der Waals surface area contributed by atoms with Crippen LogP contribution in [0.2, 0.25) is 5.02 Å². The third-order valence-corrected chi connectivity index (χ3v) is 8.37. The van der Waals surface area contributed by atoms with Crippen LogP contribution in [0.4, 0.5) is 4.39 Å². The molecule has 1 aliphatic heterocycles. The molecular weight excluding hydrogens is 501 g/mol. The fraction of sp³-hybridized carbons (Fsp3) is 0.444. The largest absolute Gasteiger partial charge is 0.497 e. The minimum atomic E-state index is -1.32. The van der Waals surface area contributed by atoms with E-state index >= 15 is 4.39 Å². The number of hydrogen-bond acceptors (Lipinski definition) is 6. The molecule has 1 fully saturated rings. The molecule has 0 bridgehead atoms. The van der Waals surface area contributed by atoms with Crippen molar-refractivity contribution in [3.05, 3.63) is 59.5 Å². The molecule has 6 nitrogen and oxygen atoms in total. The van der Waals surface area contributed by atoms with E-state index in [2.05, 4.69) is 14.9 Å². The number of pyridine rings is 2. The Bertz CT molecular complexity index is 1180. The standard InChI is InChI=1S/C27H31ClFN3O3S/c1-35-19-2-3-24-21(16-19)26(22(28)18-31-24)23(29)4-7-27(17-25(33)34)8-12-32(13-9-27)14-15-36-20-5-10-30-11-6-20/h2-3,5-6,10-11,16,18,23H,4,7-9,12-15,17H2,1H3,(H,33,34). The van der Waals surface area contributed by atoms with Gasteiger partial charge in [0.05, 0.1) is 24.1 Å². The van der Waals surface area contributed by atoms with Crippen LogP contribution in [0.25, 0.3) is 10.9 Å². The van der Waals surface area contributed by atoms with Gasteiger partial charge in [0.1, 0.15) is 11.9 Å². The molecule has 192 valence electrons. The summed E-state index contributed by atoms with van der Waals surface area (Å²) in [5, 5.41) is 10.5. The number of piperidine rings is 1. The van der Waals surface area contributed by atoms with Crippen molar-refractivity contribution in [2.75, 3.05) is 32.5 Å². The minimum absolute atomic E-state index is 0.0535. The van der Waals surface area contributed by atoms with Gasteiger partial charge in [-0.25, -0.2) is 4.39 Å². The number of hydrogen-bond donors (Lipinski definition) is 1. The molecule has 2 aromatic heterocycles. The molecule has 36 heavy (non-hydrogen) atoms. The summed E-state index contributed by atoms with van der Waals surface area (Å²) in [4.78, 5) is 23.7. The number of carbonyl (C=O) groups is 1. The lowest BCUT2D eigenvalue weighted by Crippen LogP contribution is -2.42. The maximum Gasteiger partial charge on any atom is 0.303 e. The third kappa shape index (κ3) is 6.66. The number of benzene rings is 1. The van der Waals surface area contributed by atoms with Crippen LogP contribution >= 0.6 is 23.4 Å². The fourth-order valence-corrected chi connectivity index (χ4v) is 6.17. The highest BCUT2D eigenvalue weighted by atomic mass is 35.5. The number of thioether (sulfide) groups is 1. The summed E-state index contributed by atoms with van der Waals surface area (Å²) >= 11 is 8.19. The molecule has 0 amide bonds. The fourth-order valence-electron chi connectivity index (χ4n) is 5.00. The number of carboxylic acids is 1. The highest BCUT2D eigenvalue weighted by molar-refractivity contribution is 7.99. The van der Waals surface area contributed by atoms with Gasteiger partial charge in [0, 0.05) is 46.7 Å². The van der Waals surface area contributed by atoms with Gasteiger partial charge in [0.2, 0.25) is 0 Å². The molecule has 0 radical (unpaired) electrons. The Labute approximate surface area is 220 Å². The molecule has 1 aromatic carbocycles. The quantitative estimate of drug-likeness (QED) is 0.286. The number of nitrogens with zero attached hydrogens (tertiary/aromatic N) is 3. The number of aliphatic carboxylic acids is 1. The van der Waals surface area contributed by atoms with Gasteiger partial charge in [-0.1, -0.05) is 11.6 Å². The first-order valence-electron chi connectivity index (χ1n) is 12.1. The number of halogens is 2. The van der Waals surface area contributed by atoms with Crippen LogP contribution in [-0.4, -0.2) is 58.4 Å². The zero-order valence-corrected chi connectivity index (χ0v) is 21.9. The van der Waals surface area contributed by atoms with Crippen molar-refractivity contribution in [3.8, 4) is 5.75 Å². The zero-order chi connectivity index (χ0) is 25.5. The Balaban J connectivity index is 1.39. The number of carboxylic acid groups (broad SMARTS) is 1. The van der Waals surface area contributed by atoms with Crippen LogP contribution < -0.4 is 4.74 Å². The van der Waals surface area contributed by atoms with E-state index in [4.69, 9.17) is 16.3 Å². The predicted molar refractivity (Wildman–Crippen MR) is 142 cm³/mol. The van der Waals surface area contributed by atoms with Crippen molar-refractivity contribution >= 4 is 40.2 Å². The van der Waals surface area contributed by atoms with Crippen molar-refractivity contribution in [1.82, 2.24) is 14.9 Å². The van der Waals surface area contributed by atoms with Crippen molar-refractivity contribution in [2.45, 2.75) is 43.2 Å². The third-order valence-electron chi connectivity index (χ3n) is 7.08. The van der Waals surface area contributed by atoms with Crippen molar-refractivity contribution in [2.24, 2.45) is 5.41 Å². The summed E-state index contributed by atoms with van der Waals surface area (Å²) in [6.07, 6.45) is 5.97. The highest BCUT2D eigenvalue weighted by Gasteiger charge is 2.37. The van der Waals surface area contributed by atoms with Crippen molar-refractivity contribution in [3.63, 3.8) is 0 Å². The number of fused-ring (bicyclic) bond motifs is 1. The van der Waals surface area contributed by atoms with E-state index in [0.717, 1.165) is 38.2 Å². The van der Waals surface area contributed by atoms with E-state index in [1.54, 1.807) is 49.5 Å². The number of methoxy groups -OCH3 is 1. The number of alkyl halides is 1. The van der Waals surface area contributed by atoms with E-state index in [0.29, 0.717) is 28.6 Å². The minimum Gasteiger partial charge on any atom is -0.497 e. The maximum absolute atomic E-state index is 15.7. The van der Waals surface area contributed by atoms with Gasteiger partial charge >= 0.3 is 5.97 Å². The molecule has 1 saturated heterocycles. The summed E-state index contributed by atoms with van der Waals surface area (Å²) < 4.78 is 21.0. The molecule has 1 aliphatic rings. The van der Waals surface area contributed by atoms with Gasteiger partial charge in [-0.2, -0.15) is 0 Å². The molecule has 0 aliphatic carbocycles. The second-order valence-corrected chi connectivity index (χ2v) is 10.9. The van der Waals surface area contributed by atoms with Gasteiger partial charge in [-0.15, -0.1) is 11.8 Å². The van der Waals surface area contributed by atoms with E-state index in [1.165, 1.54) is 11.1 Å². The van der Waals surface area contributed by atoms with Gasteiger partial charge in [-0.3, -0.25) is 14.8 Å². The van der Waals surface area contributed by atoms with Gasteiger partial charge in [0.15, 0.2) is 0 Å². The van der Waals surface area contributed by atoms with Crippen LogP contribution in [0.15, 0.2) is 53.8 Å². The van der Waals surface area contributed by atoms with Crippen LogP contribution in [0.5, 0.6) is 5.75 Å². The van der Waals surface area contributed by atoms with Crippen molar-refractivity contribution in [1.29, 1.82) is 0 Å². The molecule has 3 aromatic rings. The van der Waals surface area contributed by atoms with Gasteiger partial charge in [-0.05, 0) is 74.5 Å². The zero-order valence-electron chi connectivity index (χ0n) is 20.3. The molecular formula is C27H31ClFN3O3S. The summed E-state index contributed by atoms with van der Waals surface area (Å²) in [5.74, 6) is 0.737.